The van der Waals surface area contributed by atoms with E-state index in [1.165, 1.54) is 29.8 Å². The van der Waals surface area contributed by atoms with Crippen molar-refractivity contribution in [2.75, 3.05) is 11.1 Å². The number of esters is 1. The second-order valence-electron chi connectivity index (χ2n) is 6.32. The first-order valence-electron chi connectivity index (χ1n) is 8.62. The molecule has 0 aromatic heterocycles. The number of anilines is 1. The number of ether oxygens (including phenoxy) is 1. The van der Waals surface area contributed by atoms with Gasteiger partial charge in [-0.15, -0.1) is 11.8 Å². The lowest BCUT2D eigenvalue weighted by atomic mass is 10.1. The van der Waals surface area contributed by atoms with Crippen molar-refractivity contribution in [1.29, 1.82) is 0 Å². The molecule has 7 heteroatoms. The van der Waals surface area contributed by atoms with E-state index in [1.54, 1.807) is 0 Å². The Kier molecular flexibility index (Phi) is 6.11. The van der Waals surface area contributed by atoms with Crippen LogP contribution >= 0.6 is 11.8 Å². The predicted octanol–water partition coefficient (Wildman–Crippen LogP) is 4.12. The number of hydrogen-bond donors (Lipinski definition) is 1. The number of nitrogens with one attached hydrogen (secondary N) is 1. The highest BCUT2D eigenvalue weighted by molar-refractivity contribution is 8.00. The molecule has 0 aliphatic heterocycles. The van der Waals surface area contributed by atoms with Crippen LogP contribution in [-0.4, -0.2) is 23.7 Å². The van der Waals surface area contributed by atoms with Crippen LogP contribution in [0.1, 0.15) is 24.5 Å². The van der Waals surface area contributed by atoms with Crippen molar-refractivity contribution in [1.82, 2.24) is 0 Å². The summed E-state index contributed by atoms with van der Waals surface area (Å²) in [7, 11) is 0. The first-order valence-corrected chi connectivity index (χ1v) is 9.61. The molecule has 1 aliphatic carbocycles. The van der Waals surface area contributed by atoms with Gasteiger partial charge in [0.2, 0.25) is 0 Å². The smallest absolute Gasteiger partial charge is 0.317 e. The molecular formula is C20H19F2NO3S. The van der Waals surface area contributed by atoms with Crippen LogP contribution in [0.2, 0.25) is 0 Å². The van der Waals surface area contributed by atoms with Crippen molar-refractivity contribution in [3.63, 3.8) is 0 Å². The van der Waals surface area contributed by atoms with E-state index in [-0.39, 0.29) is 11.4 Å². The van der Waals surface area contributed by atoms with E-state index in [4.69, 9.17) is 4.74 Å². The number of rotatable bonds is 6. The molecule has 3 rings (SSSR count). The summed E-state index contributed by atoms with van der Waals surface area (Å²) in [6, 6.07) is 8.87. The zero-order valence-electron chi connectivity index (χ0n) is 14.8. The average Bonchev–Trinajstić information content (AvgIpc) is 3.10. The van der Waals surface area contributed by atoms with Gasteiger partial charge in [-0.25, -0.2) is 8.78 Å². The number of benzene rings is 2. The molecule has 2 aromatic carbocycles. The Morgan fingerprint density at radius 3 is 2.74 bits per heavy atom. The predicted molar refractivity (Wildman–Crippen MR) is 99.7 cm³/mol. The zero-order valence-corrected chi connectivity index (χ0v) is 15.6. The summed E-state index contributed by atoms with van der Waals surface area (Å²) in [6.07, 6.45) is 2.19. The quantitative estimate of drug-likeness (QED) is 0.595. The van der Waals surface area contributed by atoms with Gasteiger partial charge in [0, 0.05) is 11.0 Å². The molecule has 1 unspecified atom stereocenters. The number of thioether (sulfide) groups is 1. The highest BCUT2D eigenvalue weighted by atomic mass is 32.2. The number of halogens is 2. The SMILES string of the molecule is CC(OC(=O)CSc1ccc2c(c1)CCC2)C(=O)Nc1cc(F)ccc1F. The van der Waals surface area contributed by atoms with Crippen LogP contribution in [0.5, 0.6) is 0 Å². The summed E-state index contributed by atoms with van der Waals surface area (Å²) in [5.74, 6) is -2.67. The van der Waals surface area contributed by atoms with E-state index in [0.717, 1.165) is 42.4 Å². The summed E-state index contributed by atoms with van der Waals surface area (Å²) in [6.45, 7) is 1.38. The number of amides is 1. The van der Waals surface area contributed by atoms with Crippen molar-refractivity contribution in [2.24, 2.45) is 0 Å². The zero-order chi connectivity index (χ0) is 19.4. The fraction of sp³-hybridized carbons (Fsp3) is 0.300. The second kappa shape index (κ2) is 8.52. The molecule has 0 spiro atoms. The van der Waals surface area contributed by atoms with Crippen molar-refractivity contribution in [3.8, 4) is 0 Å². The van der Waals surface area contributed by atoms with Crippen molar-refractivity contribution in [2.45, 2.75) is 37.2 Å². The lowest BCUT2D eigenvalue weighted by Gasteiger charge is -2.14. The first-order chi connectivity index (χ1) is 12.9. The lowest BCUT2D eigenvalue weighted by Crippen LogP contribution is -2.30. The molecule has 0 saturated carbocycles. The Morgan fingerprint density at radius 1 is 1.15 bits per heavy atom. The lowest BCUT2D eigenvalue weighted by molar-refractivity contribution is -0.150. The van der Waals surface area contributed by atoms with E-state index < -0.39 is 29.6 Å². The van der Waals surface area contributed by atoms with Gasteiger partial charge in [0.05, 0.1) is 11.4 Å². The minimum Gasteiger partial charge on any atom is -0.452 e. The minimum absolute atomic E-state index is 0.0603. The van der Waals surface area contributed by atoms with E-state index >= 15 is 0 Å². The molecule has 0 radical (unpaired) electrons. The average molecular weight is 391 g/mol. The summed E-state index contributed by atoms with van der Waals surface area (Å²) in [4.78, 5) is 25.0. The molecule has 1 aliphatic rings. The van der Waals surface area contributed by atoms with Crippen molar-refractivity contribution in [3.05, 3.63) is 59.2 Å². The summed E-state index contributed by atoms with van der Waals surface area (Å²) in [5, 5.41) is 2.22. The van der Waals surface area contributed by atoms with Crippen LogP contribution < -0.4 is 5.32 Å². The van der Waals surface area contributed by atoms with Gasteiger partial charge >= 0.3 is 5.97 Å². The minimum atomic E-state index is -1.12. The topological polar surface area (TPSA) is 55.4 Å². The number of hydrogen-bond acceptors (Lipinski definition) is 4. The number of aryl methyl sites for hydroxylation is 2. The molecule has 0 bridgehead atoms. The van der Waals surface area contributed by atoms with Crippen molar-refractivity contribution >= 4 is 29.3 Å². The normalized spacial score (nSPS) is 13.7. The largest absolute Gasteiger partial charge is 0.452 e. The van der Waals surface area contributed by atoms with Crippen LogP contribution in [0.4, 0.5) is 14.5 Å². The van der Waals surface area contributed by atoms with Crippen LogP contribution in [0, 0.1) is 11.6 Å². The highest BCUT2D eigenvalue weighted by Gasteiger charge is 2.20. The van der Waals surface area contributed by atoms with Crippen LogP contribution in [0.15, 0.2) is 41.3 Å². The van der Waals surface area contributed by atoms with E-state index in [1.807, 2.05) is 6.07 Å². The molecule has 1 amide bonds. The standard InChI is InChI=1S/C20H19F2NO3S/c1-12(20(25)23-18-10-15(21)6-8-17(18)22)26-19(24)11-27-16-7-5-13-3-2-4-14(13)9-16/h5-10,12H,2-4,11H2,1H3,(H,23,25). The highest BCUT2D eigenvalue weighted by Crippen LogP contribution is 2.27. The van der Waals surface area contributed by atoms with Crippen LogP contribution in [0.25, 0.3) is 0 Å². The molecule has 2 aromatic rings. The third-order valence-electron chi connectivity index (χ3n) is 4.29. The Balaban J connectivity index is 1.49. The first kappa shape index (κ1) is 19.4. The van der Waals surface area contributed by atoms with Gasteiger partial charge in [-0.2, -0.15) is 0 Å². The van der Waals surface area contributed by atoms with E-state index in [9.17, 15) is 18.4 Å². The summed E-state index contributed by atoms with van der Waals surface area (Å²) in [5.41, 5.74) is 2.38. The molecule has 1 atom stereocenters. The fourth-order valence-electron chi connectivity index (χ4n) is 2.89. The third kappa shape index (κ3) is 5.07. The molecule has 0 heterocycles. The van der Waals surface area contributed by atoms with Crippen LogP contribution in [0.3, 0.4) is 0 Å². The van der Waals surface area contributed by atoms with Gasteiger partial charge in [0.15, 0.2) is 6.10 Å². The monoisotopic (exact) mass is 391 g/mol. The maximum Gasteiger partial charge on any atom is 0.317 e. The fourth-order valence-corrected chi connectivity index (χ4v) is 3.64. The maximum atomic E-state index is 13.6. The van der Waals surface area contributed by atoms with E-state index in [0.29, 0.717) is 0 Å². The second-order valence-corrected chi connectivity index (χ2v) is 7.37. The Hall–Kier alpha value is -2.41. The summed E-state index contributed by atoms with van der Waals surface area (Å²) >= 11 is 1.34. The Morgan fingerprint density at radius 2 is 1.93 bits per heavy atom. The molecule has 1 N–H and O–H groups in total. The number of carbonyl (C=O) groups excluding carboxylic acids is 2. The van der Waals surface area contributed by atoms with Gasteiger partial charge in [0.25, 0.3) is 5.91 Å². The van der Waals surface area contributed by atoms with Crippen LogP contribution in [-0.2, 0) is 27.2 Å². The van der Waals surface area contributed by atoms with Gasteiger partial charge < -0.3 is 10.1 Å². The number of fused-ring (bicyclic) bond motifs is 1. The molecule has 0 saturated heterocycles. The molecule has 142 valence electrons. The molecule has 27 heavy (non-hydrogen) atoms. The third-order valence-corrected chi connectivity index (χ3v) is 5.26. The van der Waals surface area contributed by atoms with Gasteiger partial charge in [0.1, 0.15) is 11.6 Å². The summed E-state index contributed by atoms with van der Waals surface area (Å²) < 4.78 is 31.8. The van der Waals surface area contributed by atoms with Crippen molar-refractivity contribution < 1.29 is 23.1 Å². The number of carbonyl (C=O) groups is 2. The van der Waals surface area contributed by atoms with Gasteiger partial charge in [-0.3, -0.25) is 9.59 Å². The maximum absolute atomic E-state index is 13.6. The van der Waals surface area contributed by atoms with E-state index in [2.05, 4.69) is 17.4 Å². The molecule has 4 nitrogen and oxygen atoms in total. The molecular weight excluding hydrogens is 372 g/mol. The van der Waals surface area contributed by atoms with Gasteiger partial charge in [-0.1, -0.05) is 6.07 Å². The Bertz CT molecular complexity index is 872. The molecule has 0 fully saturated rings. The van der Waals surface area contributed by atoms with Gasteiger partial charge in [-0.05, 0) is 61.6 Å². The Labute approximate surface area is 160 Å².